The Morgan fingerprint density at radius 1 is 1.18 bits per heavy atom. The van der Waals surface area contributed by atoms with E-state index < -0.39 is 0 Å². The predicted octanol–water partition coefficient (Wildman–Crippen LogP) is 3.89. The quantitative estimate of drug-likeness (QED) is 0.626. The maximum atomic E-state index is 5.68. The molecule has 1 N–H and O–H groups in total. The van der Waals surface area contributed by atoms with Crippen molar-refractivity contribution in [1.82, 2.24) is 5.32 Å². The van der Waals surface area contributed by atoms with Crippen LogP contribution >= 0.6 is 0 Å². The number of ether oxygens (including phenoxy) is 1. The molecule has 1 heterocycles. The van der Waals surface area contributed by atoms with Gasteiger partial charge in [0.1, 0.15) is 0 Å². The van der Waals surface area contributed by atoms with E-state index in [2.05, 4.69) is 19.2 Å². The van der Waals surface area contributed by atoms with E-state index in [4.69, 9.17) is 4.74 Å². The lowest BCUT2D eigenvalue weighted by Crippen LogP contribution is -2.30. The fourth-order valence-electron chi connectivity index (χ4n) is 2.61. The first kappa shape index (κ1) is 15.0. The first-order valence-electron chi connectivity index (χ1n) is 7.71. The van der Waals surface area contributed by atoms with Gasteiger partial charge in [0.15, 0.2) is 0 Å². The predicted molar refractivity (Wildman–Crippen MR) is 74.4 cm³/mol. The van der Waals surface area contributed by atoms with Crippen molar-refractivity contribution in [3.05, 3.63) is 0 Å². The molecule has 0 spiro atoms. The number of nitrogens with one attached hydrogen (secondary N) is 1. The third-order valence-electron chi connectivity index (χ3n) is 3.69. The van der Waals surface area contributed by atoms with Gasteiger partial charge in [0.25, 0.3) is 0 Å². The summed E-state index contributed by atoms with van der Waals surface area (Å²) in [7, 11) is 0. The second-order valence-electron chi connectivity index (χ2n) is 5.36. The molecular weight excluding hydrogens is 210 g/mol. The molecule has 2 atom stereocenters. The van der Waals surface area contributed by atoms with Crippen LogP contribution in [0.25, 0.3) is 0 Å². The molecule has 0 amide bonds. The van der Waals surface area contributed by atoms with Crippen LogP contribution in [0.5, 0.6) is 0 Å². The summed E-state index contributed by atoms with van der Waals surface area (Å²) in [4.78, 5) is 0. The maximum Gasteiger partial charge on any atom is 0.0576 e. The minimum Gasteiger partial charge on any atom is -0.378 e. The Balaban J connectivity index is 2.08. The Kier molecular flexibility index (Phi) is 8.72. The van der Waals surface area contributed by atoms with Gasteiger partial charge in [0, 0.05) is 12.6 Å². The molecule has 0 radical (unpaired) electrons. The van der Waals surface area contributed by atoms with Crippen LogP contribution in [-0.4, -0.2) is 25.3 Å². The highest BCUT2D eigenvalue weighted by molar-refractivity contribution is 4.70. The molecule has 102 valence electrons. The lowest BCUT2D eigenvalue weighted by molar-refractivity contribution is 0.101. The van der Waals surface area contributed by atoms with Crippen LogP contribution in [-0.2, 0) is 4.74 Å². The molecule has 17 heavy (non-hydrogen) atoms. The average molecular weight is 241 g/mol. The lowest BCUT2D eigenvalue weighted by Gasteiger charge is -2.19. The molecule has 0 aromatic rings. The zero-order valence-corrected chi connectivity index (χ0v) is 11.8. The van der Waals surface area contributed by atoms with Crippen LogP contribution in [0.4, 0.5) is 0 Å². The molecule has 0 saturated carbocycles. The normalized spacial score (nSPS) is 21.9. The smallest absolute Gasteiger partial charge is 0.0576 e. The van der Waals surface area contributed by atoms with Crippen molar-refractivity contribution in [3.63, 3.8) is 0 Å². The zero-order valence-electron chi connectivity index (χ0n) is 11.8. The standard InChI is InChI=1S/C15H31NO/c1-3-5-8-14(16-12-4-2)9-6-10-15-11-7-13-17-15/h14-16H,3-13H2,1-2H3. The topological polar surface area (TPSA) is 21.3 Å². The van der Waals surface area contributed by atoms with E-state index >= 15 is 0 Å². The van der Waals surface area contributed by atoms with Gasteiger partial charge in [0.05, 0.1) is 6.10 Å². The Morgan fingerprint density at radius 2 is 2.00 bits per heavy atom. The second-order valence-corrected chi connectivity index (χ2v) is 5.36. The van der Waals surface area contributed by atoms with Crippen molar-refractivity contribution in [2.75, 3.05) is 13.2 Å². The molecule has 0 bridgehead atoms. The highest BCUT2D eigenvalue weighted by atomic mass is 16.5. The summed E-state index contributed by atoms with van der Waals surface area (Å²) in [6, 6.07) is 0.747. The molecule has 1 aliphatic rings. The SMILES string of the molecule is CCCCC(CCCC1CCCO1)NCCC. The Labute approximate surface area is 108 Å². The van der Waals surface area contributed by atoms with E-state index in [-0.39, 0.29) is 0 Å². The Morgan fingerprint density at radius 3 is 2.65 bits per heavy atom. The average Bonchev–Trinajstić information content (AvgIpc) is 2.85. The van der Waals surface area contributed by atoms with E-state index in [1.54, 1.807) is 0 Å². The molecule has 1 rings (SSSR count). The van der Waals surface area contributed by atoms with Crippen molar-refractivity contribution in [3.8, 4) is 0 Å². The highest BCUT2D eigenvalue weighted by Gasteiger charge is 2.15. The van der Waals surface area contributed by atoms with Crippen LogP contribution in [0.15, 0.2) is 0 Å². The van der Waals surface area contributed by atoms with Gasteiger partial charge in [-0.1, -0.05) is 26.7 Å². The van der Waals surface area contributed by atoms with Crippen LogP contribution in [0.2, 0.25) is 0 Å². The summed E-state index contributed by atoms with van der Waals surface area (Å²) in [5, 5.41) is 3.69. The highest BCUT2D eigenvalue weighted by Crippen LogP contribution is 2.19. The van der Waals surface area contributed by atoms with Crippen LogP contribution in [0, 0.1) is 0 Å². The van der Waals surface area contributed by atoms with Crippen molar-refractivity contribution in [1.29, 1.82) is 0 Å². The molecule has 0 aromatic carbocycles. The van der Waals surface area contributed by atoms with E-state index in [1.165, 1.54) is 64.3 Å². The molecule has 1 fully saturated rings. The monoisotopic (exact) mass is 241 g/mol. The van der Waals surface area contributed by atoms with Crippen molar-refractivity contribution in [2.24, 2.45) is 0 Å². The molecule has 2 nitrogen and oxygen atoms in total. The first-order chi connectivity index (χ1) is 8.36. The van der Waals surface area contributed by atoms with Gasteiger partial charge in [-0.2, -0.15) is 0 Å². The van der Waals surface area contributed by atoms with Crippen molar-refractivity contribution in [2.45, 2.75) is 83.8 Å². The van der Waals surface area contributed by atoms with E-state index in [1.807, 2.05) is 0 Å². The zero-order chi connectivity index (χ0) is 12.3. The summed E-state index contributed by atoms with van der Waals surface area (Å²) in [6.07, 6.45) is 12.4. The number of unbranched alkanes of at least 4 members (excludes halogenated alkanes) is 1. The second kappa shape index (κ2) is 9.90. The van der Waals surface area contributed by atoms with Gasteiger partial charge in [-0.05, 0) is 51.5 Å². The van der Waals surface area contributed by atoms with E-state index in [0.717, 1.165) is 12.6 Å². The third-order valence-corrected chi connectivity index (χ3v) is 3.69. The number of rotatable bonds is 10. The molecule has 2 unspecified atom stereocenters. The summed E-state index contributed by atoms with van der Waals surface area (Å²) in [6.45, 7) is 6.70. The lowest BCUT2D eigenvalue weighted by atomic mass is 10.0. The summed E-state index contributed by atoms with van der Waals surface area (Å²) in [5.41, 5.74) is 0. The van der Waals surface area contributed by atoms with Gasteiger partial charge >= 0.3 is 0 Å². The van der Waals surface area contributed by atoms with E-state index in [9.17, 15) is 0 Å². The Hall–Kier alpha value is -0.0800. The minimum atomic E-state index is 0.577. The minimum absolute atomic E-state index is 0.577. The Bertz CT molecular complexity index is 158. The van der Waals surface area contributed by atoms with Crippen LogP contribution in [0.1, 0.15) is 71.6 Å². The molecular formula is C15H31NO. The van der Waals surface area contributed by atoms with Crippen LogP contribution < -0.4 is 5.32 Å². The van der Waals surface area contributed by atoms with Crippen LogP contribution in [0.3, 0.4) is 0 Å². The maximum absolute atomic E-state index is 5.68. The van der Waals surface area contributed by atoms with Crippen molar-refractivity contribution < 1.29 is 4.74 Å². The molecule has 1 aliphatic heterocycles. The molecule has 0 aromatic heterocycles. The number of hydrogen-bond acceptors (Lipinski definition) is 2. The van der Waals surface area contributed by atoms with E-state index in [0.29, 0.717) is 6.10 Å². The summed E-state index contributed by atoms with van der Waals surface area (Å²) >= 11 is 0. The molecule has 2 heteroatoms. The van der Waals surface area contributed by atoms with Gasteiger partial charge < -0.3 is 10.1 Å². The summed E-state index contributed by atoms with van der Waals surface area (Å²) < 4.78 is 5.68. The van der Waals surface area contributed by atoms with Gasteiger partial charge in [-0.25, -0.2) is 0 Å². The summed E-state index contributed by atoms with van der Waals surface area (Å²) in [5.74, 6) is 0. The third kappa shape index (κ3) is 7.05. The number of hydrogen-bond donors (Lipinski definition) is 1. The fourth-order valence-corrected chi connectivity index (χ4v) is 2.61. The van der Waals surface area contributed by atoms with Crippen molar-refractivity contribution >= 4 is 0 Å². The van der Waals surface area contributed by atoms with Gasteiger partial charge in [-0.3, -0.25) is 0 Å². The van der Waals surface area contributed by atoms with Gasteiger partial charge in [-0.15, -0.1) is 0 Å². The molecule has 1 saturated heterocycles. The molecule has 0 aliphatic carbocycles. The van der Waals surface area contributed by atoms with Gasteiger partial charge in [0.2, 0.25) is 0 Å². The largest absolute Gasteiger partial charge is 0.378 e. The fraction of sp³-hybridized carbons (Fsp3) is 1.00. The first-order valence-corrected chi connectivity index (χ1v) is 7.71.